The van der Waals surface area contributed by atoms with Crippen LogP contribution in [0.25, 0.3) is 11.3 Å². The van der Waals surface area contributed by atoms with Crippen LogP contribution < -0.4 is 16.2 Å². The molecule has 0 unspecified atom stereocenters. The van der Waals surface area contributed by atoms with E-state index in [-0.39, 0.29) is 29.8 Å². The summed E-state index contributed by atoms with van der Waals surface area (Å²) in [5.41, 5.74) is 13.4. The highest BCUT2D eigenvalue weighted by Crippen LogP contribution is 2.29. The van der Waals surface area contributed by atoms with Gasteiger partial charge in [-0.05, 0) is 29.8 Å². The Hall–Kier alpha value is -3.66. The molecule has 7 heteroatoms. The SMILES string of the molecule is N#Cc1c(N)nc(N)nc1-c1ccccc1COc1ccc(F)cc1. The molecule has 1 aromatic heterocycles. The molecule has 2 aromatic carbocycles. The first-order valence-corrected chi connectivity index (χ1v) is 7.38. The lowest BCUT2D eigenvalue weighted by Gasteiger charge is -2.12. The zero-order valence-corrected chi connectivity index (χ0v) is 13.1. The summed E-state index contributed by atoms with van der Waals surface area (Å²) in [6, 6.07) is 15.0. The molecule has 1 heterocycles. The predicted molar refractivity (Wildman–Crippen MR) is 91.7 cm³/mol. The molecule has 0 amide bonds. The average Bonchev–Trinajstić information content (AvgIpc) is 2.61. The van der Waals surface area contributed by atoms with Crippen molar-refractivity contribution in [1.82, 2.24) is 9.97 Å². The van der Waals surface area contributed by atoms with Gasteiger partial charge in [0, 0.05) is 5.56 Å². The van der Waals surface area contributed by atoms with E-state index in [4.69, 9.17) is 16.2 Å². The number of aromatic nitrogens is 2. The summed E-state index contributed by atoms with van der Waals surface area (Å²) in [6.07, 6.45) is 0. The second-order valence-corrected chi connectivity index (χ2v) is 5.20. The molecule has 0 spiro atoms. The second-order valence-electron chi connectivity index (χ2n) is 5.20. The van der Waals surface area contributed by atoms with Gasteiger partial charge in [-0.25, -0.2) is 9.37 Å². The molecule has 124 valence electrons. The van der Waals surface area contributed by atoms with Gasteiger partial charge in [0.05, 0.1) is 5.69 Å². The van der Waals surface area contributed by atoms with E-state index >= 15 is 0 Å². The largest absolute Gasteiger partial charge is 0.489 e. The van der Waals surface area contributed by atoms with Crippen LogP contribution in [-0.2, 0) is 6.61 Å². The maximum Gasteiger partial charge on any atom is 0.222 e. The molecule has 0 saturated heterocycles. The number of hydrogen-bond acceptors (Lipinski definition) is 6. The first-order chi connectivity index (χ1) is 12.1. The van der Waals surface area contributed by atoms with Gasteiger partial charge in [0.25, 0.3) is 0 Å². The molecule has 6 nitrogen and oxygen atoms in total. The third kappa shape index (κ3) is 3.48. The van der Waals surface area contributed by atoms with Crippen molar-refractivity contribution in [3.8, 4) is 23.1 Å². The lowest BCUT2D eigenvalue weighted by atomic mass is 10.0. The van der Waals surface area contributed by atoms with Crippen molar-refractivity contribution in [3.63, 3.8) is 0 Å². The van der Waals surface area contributed by atoms with Crippen LogP contribution in [0.15, 0.2) is 48.5 Å². The van der Waals surface area contributed by atoms with Crippen molar-refractivity contribution in [1.29, 1.82) is 5.26 Å². The van der Waals surface area contributed by atoms with E-state index in [1.807, 2.05) is 24.3 Å². The van der Waals surface area contributed by atoms with Crippen molar-refractivity contribution in [2.45, 2.75) is 6.61 Å². The number of hydrogen-bond donors (Lipinski definition) is 2. The first-order valence-electron chi connectivity index (χ1n) is 7.38. The van der Waals surface area contributed by atoms with Gasteiger partial charge in [0.15, 0.2) is 0 Å². The number of nitriles is 1. The van der Waals surface area contributed by atoms with Gasteiger partial charge in [-0.1, -0.05) is 24.3 Å². The van der Waals surface area contributed by atoms with Crippen molar-refractivity contribution < 1.29 is 9.13 Å². The molecule has 0 aliphatic carbocycles. The number of benzene rings is 2. The molecule has 0 aliphatic heterocycles. The molecule has 3 aromatic rings. The quantitative estimate of drug-likeness (QED) is 0.758. The summed E-state index contributed by atoms with van der Waals surface area (Å²) in [5.74, 6) is 0.205. The van der Waals surface area contributed by atoms with Crippen LogP contribution in [0, 0.1) is 17.1 Å². The summed E-state index contributed by atoms with van der Waals surface area (Å²) in [4.78, 5) is 7.98. The van der Waals surface area contributed by atoms with E-state index in [0.717, 1.165) is 5.56 Å². The van der Waals surface area contributed by atoms with Crippen molar-refractivity contribution in [2.24, 2.45) is 0 Å². The Labute approximate surface area is 143 Å². The zero-order chi connectivity index (χ0) is 17.8. The van der Waals surface area contributed by atoms with Gasteiger partial charge >= 0.3 is 0 Å². The molecule has 0 saturated carbocycles. The first kappa shape index (κ1) is 16.2. The maximum absolute atomic E-state index is 13.0. The monoisotopic (exact) mass is 335 g/mol. The fourth-order valence-corrected chi connectivity index (χ4v) is 2.37. The summed E-state index contributed by atoms with van der Waals surface area (Å²) in [5, 5.41) is 9.36. The van der Waals surface area contributed by atoms with Crippen LogP contribution in [0.2, 0.25) is 0 Å². The van der Waals surface area contributed by atoms with Crippen LogP contribution in [0.1, 0.15) is 11.1 Å². The number of nitrogens with zero attached hydrogens (tertiary/aromatic N) is 3. The minimum Gasteiger partial charge on any atom is -0.489 e. The van der Waals surface area contributed by atoms with E-state index < -0.39 is 0 Å². The van der Waals surface area contributed by atoms with Crippen LogP contribution in [0.3, 0.4) is 0 Å². The Morgan fingerprint density at radius 1 is 1.04 bits per heavy atom. The highest BCUT2D eigenvalue weighted by atomic mass is 19.1. The number of halogens is 1. The lowest BCUT2D eigenvalue weighted by molar-refractivity contribution is 0.306. The van der Waals surface area contributed by atoms with E-state index in [1.54, 1.807) is 18.2 Å². The average molecular weight is 335 g/mol. The Morgan fingerprint density at radius 2 is 1.76 bits per heavy atom. The molecule has 0 radical (unpaired) electrons. The summed E-state index contributed by atoms with van der Waals surface area (Å²) in [6.45, 7) is 0.205. The molecule has 3 rings (SSSR count). The van der Waals surface area contributed by atoms with Crippen molar-refractivity contribution in [3.05, 3.63) is 65.5 Å². The molecule has 0 aliphatic rings. The van der Waals surface area contributed by atoms with Crippen LogP contribution in [-0.4, -0.2) is 9.97 Å². The highest BCUT2D eigenvalue weighted by molar-refractivity contribution is 5.75. The standard InChI is InChI=1S/C18H14FN5O/c19-12-5-7-13(8-6-12)25-10-11-3-1-2-4-14(11)16-15(9-20)17(21)24-18(22)23-16/h1-8H,10H2,(H4,21,22,23,24). The lowest BCUT2D eigenvalue weighted by Crippen LogP contribution is -2.06. The van der Waals surface area contributed by atoms with Crippen molar-refractivity contribution >= 4 is 11.8 Å². The zero-order valence-electron chi connectivity index (χ0n) is 13.1. The fourth-order valence-electron chi connectivity index (χ4n) is 2.37. The highest BCUT2D eigenvalue weighted by Gasteiger charge is 2.16. The smallest absolute Gasteiger partial charge is 0.222 e. The van der Waals surface area contributed by atoms with Crippen molar-refractivity contribution in [2.75, 3.05) is 11.5 Å². The minimum absolute atomic E-state index is 0.0132. The topological polar surface area (TPSA) is 111 Å². The third-order valence-corrected chi connectivity index (χ3v) is 3.55. The third-order valence-electron chi connectivity index (χ3n) is 3.55. The molecule has 0 atom stereocenters. The Morgan fingerprint density at radius 3 is 2.48 bits per heavy atom. The predicted octanol–water partition coefficient (Wildman–Crippen LogP) is 2.90. The number of anilines is 2. The normalized spacial score (nSPS) is 10.2. The van der Waals surface area contributed by atoms with Gasteiger partial charge in [-0.15, -0.1) is 0 Å². The summed E-state index contributed by atoms with van der Waals surface area (Å²) < 4.78 is 18.7. The minimum atomic E-state index is -0.335. The summed E-state index contributed by atoms with van der Waals surface area (Å²) in [7, 11) is 0. The number of nitrogens with two attached hydrogens (primary N) is 2. The molecule has 4 N–H and O–H groups in total. The van der Waals surface area contributed by atoms with E-state index in [0.29, 0.717) is 17.0 Å². The Kier molecular flexibility index (Phi) is 4.44. The van der Waals surface area contributed by atoms with Crippen LogP contribution >= 0.6 is 0 Å². The van der Waals surface area contributed by atoms with Gasteiger partial charge in [-0.2, -0.15) is 10.2 Å². The molecular weight excluding hydrogens is 321 g/mol. The van der Waals surface area contributed by atoms with Gasteiger partial charge < -0.3 is 16.2 Å². The molecule has 25 heavy (non-hydrogen) atoms. The van der Waals surface area contributed by atoms with Gasteiger partial charge in [-0.3, -0.25) is 0 Å². The maximum atomic E-state index is 13.0. The van der Waals surface area contributed by atoms with E-state index in [1.165, 1.54) is 12.1 Å². The summed E-state index contributed by atoms with van der Waals surface area (Å²) >= 11 is 0. The second kappa shape index (κ2) is 6.84. The van der Waals surface area contributed by atoms with Crippen LogP contribution in [0.5, 0.6) is 5.75 Å². The fraction of sp³-hybridized carbons (Fsp3) is 0.0556. The number of nitrogen functional groups attached to an aromatic ring is 2. The molecule has 0 fully saturated rings. The van der Waals surface area contributed by atoms with E-state index in [9.17, 15) is 9.65 Å². The Bertz CT molecular complexity index is 951. The van der Waals surface area contributed by atoms with Gasteiger partial charge in [0.1, 0.15) is 35.6 Å². The van der Waals surface area contributed by atoms with Gasteiger partial charge in [0.2, 0.25) is 5.95 Å². The number of rotatable bonds is 4. The number of ether oxygens (including phenoxy) is 1. The molecule has 0 bridgehead atoms. The Balaban J connectivity index is 1.97. The molecular formula is C18H14FN5O. The van der Waals surface area contributed by atoms with Crippen LogP contribution in [0.4, 0.5) is 16.2 Å². The van der Waals surface area contributed by atoms with E-state index in [2.05, 4.69) is 9.97 Å².